The van der Waals surface area contributed by atoms with Gasteiger partial charge in [-0.3, -0.25) is 0 Å². The molecule has 1 saturated carbocycles. The highest BCUT2D eigenvalue weighted by Crippen LogP contribution is 2.38. The fourth-order valence-electron chi connectivity index (χ4n) is 2.28. The van der Waals surface area contributed by atoms with Gasteiger partial charge >= 0.3 is 0 Å². The second-order valence-electron chi connectivity index (χ2n) is 5.18. The molecular formula is C11H19N5. The van der Waals surface area contributed by atoms with Crippen molar-refractivity contribution >= 4 is 11.6 Å². The summed E-state index contributed by atoms with van der Waals surface area (Å²) in [7, 11) is 0. The molecule has 1 aromatic heterocycles. The molecule has 1 unspecified atom stereocenters. The van der Waals surface area contributed by atoms with Crippen LogP contribution in [0.25, 0.3) is 0 Å². The molecule has 0 spiro atoms. The Morgan fingerprint density at radius 2 is 2.12 bits per heavy atom. The van der Waals surface area contributed by atoms with Gasteiger partial charge < -0.3 is 10.7 Å². The summed E-state index contributed by atoms with van der Waals surface area (Å²) in [6.07, 6.45) is 5.15. The van der Waals surface area contributed by atoms with Crippen molar-refractivity contribution in [1.29, 1.82) is 0 Å². The van der Waals surface area contributed by atoms with E-state index in [1.54, 1.807) is 0 Å². The lowest BCUT2D eigenvalue weighted by Crippen LogP contribution is -2.19. The molecule has 0 bridgehead atoms. The van der Waals surface area contributed by atoms with Gasteiger partial charge in [0.25, 0.3) is 0 Å². The van der Waals surface area contributed by atoms with Crippen LogP contribution in [0.15, 0.2) is 12.4 Å². The maximum absolute atomic E-state index is 5.30. The molecular weight excluding hydrogens is 202 g/mol. The molecule has 2 rings (SSSR count). The molecule has 0 saturated heterocycles. The molecule has 1 aliphatic rings. The lowest BCUT2D eigenvalue weighted by Gasteiger charge is -2.18. The number of hydrogen-bond acceptors (Lipinski definition) is 5. The van der Waals surface area contributed by atoms with Gasteiger partial charge in [-0.1, -0.05) is 13.8 Å². The summed E-state index contributed by atoms with van der Waals surface area (Å²) in [6.45, 7) is 4.61. The molecule has 1 heterocycles. The van der Waals surface area contributed by atoms with E-state index < -0.39 is 0 Å². The van der Waals surface area contributed by atoms with Gasteiger partial charge in [-0.2, -0.15) is 0 Å². The van der Waals surface area contributed by atoms with Crippen LogP contribution in [-0.4, -0.2) is 16.0 Å². The Morgan fingerprint density at radius 3 is 2.75 bits per heavy atom. The first-order chi connectivity index (χ1) is 7.59. The van der Waals surface area contributed by atoms with Gasteiger partial charge in [0.2, 0.25) is 0 Å². The monoisotopic (exact) mass is 221 g/mol. The zero-order chi connectivity index (χ0) is 11.6. The number of hydrazine groups is 1. The van der Waals surface area contributed by atoms with Crippen molar-refractivity contribution in [2.75, 3.05) is 10.7 Å². The van der Waals surface area contributed by atoms with Gasteiger partial charge in [0, 0.05) is 12.1 Å². The Hall–Kier alpha value is -1.36. The van der Waals surface area contributed by atoms with E-state index in [9.17, 15) is 0 Å². The summed E-state index contributed by atoms with van der Waals surface area (Å²) < 4.78 is 0. The summed E-state index contributed by atoms with van der Waals surface area (Å²) in [5.74, 6) is 6.77. The van der Waals surface area contributed by atoms with Crippen molar-refractivity contribution in [3.8, 4) is 0 Å². The average Bonchev–Trinajstić information content (AvgIpc) is 2.58. The first kappa shape index (κ1) is 11.1. The zero-order valence-electron chi connectivity index (χ0n) is 9.83. The van der Waals surface area contributed by atoms with Crippen LogP contribution < -0.4 is 16.6 Å². The topological polar surface area (TPSA) is 75.9 Å². The fourth-order valence-corrected chi connectivity index (χ4v) is 2.28. The molecule has 5 nitrogen and oxygen atoms in total. The number of anilines is 2. The lowest BCUT2D eigenvalue weighted by atomic mass is 9.92. The van der Waals surface area contributed by atoms with Gasteiger partial charge in [-0.25, -0.2) is 15.8 Å². The highest BCUT2D eigenvalue weighted by atomic mass is 15.3. The number of nitrogen functional groups attached to an aromatic ring is 1. The quantitative estimate of drug-likeness (QED) is 0.535. The minimum Gasteiger partial charge on any atom is -0.367 e. The number of hydrogen-bond donors (Lipinski definition) is 3. The number of aromatic nitrogens is 2. The van der Waals surface area contributed by atoms with Crippen LogP contribution in [0.4, 0.5) is 11.6 Å². The summed E-state index contributed by atoms with van der Waals surface area (Å²) in [5, 5.41) is 3.42. The molecule has 16 heavy (non-hydrogen) atoms. The van der Waals surface area contributed by atoms with Gasteiger partial charge in [0.15, 0.2) is 0 Å². The van der Waals surface area contributed by atoms with E-state index in [4.69, 9.17) is 5.84 Å². The highest BCUT2D eigenvalue weighted by Gasteiger charge is 2.30. The van der Waals surface area contributed by atoms with E-state index in [1.807, 2.05) is 6.07 Å². The van der Waals surface area contributed by atoms with Crippen molar-refractivity contribution in [3.05, 3.63) is 12.4 Å². The maximum Gasteiger partial charge on any atom is 0.145 e. The smallest absolute Gasteiger partial charge is 0.145 e. The van der Waals surface area contributed by atoms with E-state index in [1.165, 1.54) is 25.6 Å². The second-order valence-corrected chi connectivity index (χ2v) is 5.18. The van der Waals surface area contributed by atoms with Crippen molar-refractivity contribution in [3.63, 3.8) is 0 Å². The number of nitrogens with two attached hydrogens (primary N) is 1. The summed E-state index contributed by atoms with van der Waals surface area (Å²) in [4.78, 5) is 8.15. The molecule has 0 aromatic carbocycles. The van der Waals surface area contributed by atoms with Crippen LogP contribution in [0.1, 0.15) is 33.1 Å². The van der Waals surface area contributed by atoms with Crippen molar-refractivity contribution in [1.82, 2.24) is 9.97 Å². The number of rotatable bonds is 3. The minimum atomic E-state index is 0.444. The largest absolute Gasteiger partial charge is 0.367 e. The molecule has 88 valence electrons. The van der Waals surface area contributed by atoms with Crippen molar-refractivity contribution in [2.24, 2.45) is 11.3 Å². The third kappa shape index (κ3) is 2.61. The van der Waals surface area contributed by atoms with Gasteiger partial charge in [-0.05, 0) is 24.7 Å². The Kier molecular flexibility index (Phi) is 2.96. The Balaban J connectivity index is 1.99. The molecule has 4 N–H and O–H groups in total. The molecule has 1 fully saturated rings. The third-order valence-electron chi connectivity index (χ3n) is 3.14. The molecule has 1 aliphatic carbocycles. The van der Waals surface area contributed by atoms with Crippen molar-refractivity contribution in [2.45, 2.75) is 39.2 Å². The number of nitrogens with zero attached hydrogens (tertiary/aromatic N) is 2. The molecule has 0 amide bonds. The summed E-state index contributed by atoms with van der Waals surface area (Å²) >= 11 is 0. The van der Waals surface area contributed by atoms with Gasteiger partial charge in [0.1, 0.15) is 18.0 Å². The van der Waals surface area contributed by atoms with E-state index >= 15 is 0 Å². The second kappa shape index (κ2) is 4.25. The van der Waals surface area contributed by atoms with E-state index in [-0.39, 0.29) is 0 Å². The molecule has 5 heteroatoms. The van der Waals surface area contributed by atoms with Crippen LogP contribution in [-0.2, 0) is 0 Å². The van der Waals surface area contributed by atoms with Crippen molar-refractivity contribution < 1.29 is 0 Å². The molecule has 1 atom stereocenters. The Morgan fingerprint density at radius 1 is 1.38 bits per heavy atom. The maximum atomic E-state index is 5.30. The van der Waals surface area contributed by atoms with Crippen LogP contribution in [0.2, 0.25) is 0 Å². The van der Waals surface area contributed by atoms with E-state index in [2.05, 4.69) is 34.6 Å². The fraction of sp³-hybridized carbons (Fsp3) is 0.636. The predicted octanol–water partition coefficient (Wildman–Crippen LogP) is 1.75. The van der Waals surface area contributed by atoms with E-state index in [0.29, 0.717) is 17.3 Å². The molecule has 0 aliphatic heterocycles. The molecule has 1 aromatic rings. The predicted molar refractivity (Wildman–Crippen MR) is 64.9 cm³/mol. The molecule has 0 radical (unpaired) electrons. The summed E-state index contributed by atoms with van der Waals surface area (Å²) in [6, 6.07) is 2.33. The van der Waals surface area contributed by atoms with Gasteiger partial charge in [0.05, 0.1) is 0 Å². The van der Waals surface area contributed by atoms with Gasteiger partial charge in [-0.15, -0.1) is 0 Å². The highest BCUT2D eigenvalue weighted by molar-refractivity contribution is 5.46. The lowest BCUT2D eigenvalue weighted by molar-refractivity contribution is 0.378. The van der Waals surface area contributed by atoms with Crippen LogP contribution >= 0.6 is 0 Å². The van der Waals surface area contributed by atoms with Crippen LogP contribution in [0, 0.1) is 5.41 Å². The first-order valence-electron chi connectivity index (χ1n) is 5.64. The third-order valence-corrected chi connectivity index (χ3v) is 3.14. The van der Waals surface area contributed by atoms with Crippen LogP contribution in [0.3, 0.4) is 0 Å². The minimum absolute atomic E-state index is 0.444. The van der Waals surface area contributed by atoms with Crippen LogP contribution in [0.5, 0.6) is 0 Å². The summed E-state index contributed by atoms with van der Waals surface area (Å²) in [5.41, 5.74) is 2.96. The average molecular weight is 221 g/mol. The SMILES string of the molecule is CC1(C)CCC(Nc2cc(NN)ncn2)C1. The first-order valence-corrected chi connectivity index (χ1v) is 5.64. The van der Waals surface area contributed by atoms with E-state index in [0.717, 1.165) is 5.82 Å². The zero-order valence-corrected chi connectivity index (χ0v) is 9.83. The number of nitrogens with one attached hydrogen (secondary N) is 2. The normalized spacial score (nSPS) is 23.1. The Bertz CT molecular complexity index is 363. The Labute approximate surface area is 95.8 Å². The standard InChI is InChI=1S/C11H19N5/c1-11(2)4-3-8(6-11)15-9-5-10(16-12)14-7-13-9/h5,7-8H,3-4,6,12H2,1-2H3,(H2,13,14,15,16).